The molecule has 5 rings (SSSR count). The first-order chi connectivity index (χ1) is 17.2. The number of primary amides is 1. The monoisotopic (exact) mass is 488 g/mol. The first-order valence-electron chi connectivity index (χ1n) is 12.9. The third-order valence-corrected chi connectivity index (χ3v) is 7.70. The minimum atomic E-state index is -0.458. The Hall–Kier alpha value is -3.32. The lowest BCUT2D eigenvalue weighted by molar-refractivity contribution is 0.100. The molecule has 1 amide bonds. The largest absolute Gasteiger partial charge is 0.497 e. The van der Waals surface area contributed by atoms with Crippen molar-refractivity contribution in [3.05, 3.63) is 59.3 Å². The van der Waals surface area contributed by atoms with Gasteiger partial charge in [0.25, 0.3) is 5.91 Å². The lowest BCUT2D eigenvalue weighted by atomic mass is 9.76. The van der Waals surface area contributed by atoms with E-state index in [2.05, 4.69) is 25.2 Å². The van der Waals surface area contributed by atoms with E-state index >= 15 is 0 Å². The van der Waals surface area contributed by atoms with E-state index in [1.807, 2.05) is 35.0 Å². The van der Waals surface area contributed by atoms with Gasteiger partial charge < -0.3 is 20.9 Å². The molecular weight excluding hydrogens is 452 g/mol. The molecule has 36 heavy (non-hydrogen) atoms. The molecule has 1 heterocycles. The van der Waals surface area contributed by atoms with Crippen molar-refractivity contribution in [1.29, 1.82) is 0 Å². The molecule has 2 aliphatic carbocycles. The molecule has 4 N–H and O–H groups in total. The van der Waals surface area contributed by atoms with E-state index < -0.39 is 5.91 Å². The van der Waals surface area contributed by atoms with Gasteiger partial charge in [-0.15, -0.1) is 0 Å². The number of hydrogen-bond donors (Lipinski definition) is 3. The van der Waals surface area contributed by atoms with Gasteiger partial charge in [0, 0.05) is 28.6 Å². The number of nitrogens with one attached hydrogen (secondary N) is 1. The van der Waals surface area contributed by atoms with Crippen molar-refractivity contribution in [3.63, 3.8) is 0 Å². The number of fused-ring (bicyclic) bond motifs is 1. The molecule has 1 fully saturated rings. The number of methoxy groups -OCH3 is 1. The summed E-state index contributed by atoms with van der Waals surface area (Å²) in [7, 11) is 1.68. The van der Waals surface area contributed by atoms with E-state index in [0.717, 1.165) is 73.3 Å². The van der Waals surface area contributed by atoms with Crippen LogP contribution >= 0.6 is 0 Å². The Bertz CT molecular complexity index is 1270. The minimum Gasteiger partial charge on any atom is -0.497 e. The van der Waals surface area contributed by atoms with Crippen molar-refractivity contribution < 1.29 is 14.6 Å². The summed E-state index contributed by atoms with van der Waals surface area (Å²) in [6, 6.07) is 14.0. The van der Waals surface area contributed by atoms with Gasteiger partial charge >= 0.3 is 0 Å². The molecule has 2 aliphatic rings. The number of anilines is 1. The number of ether oxygens (including phenoxy) is 1. The summed E-state index contributed by atoms with van der Waals surface area (Å²) in [6.07, 6.45) is 5.97. The van der Waals surface area contributed by atoms with Crippen LogP contribution < -0.4 is 15.8 Å². The SMILES string of the molecule is COc1cccc(-c2nn(-c3ccc(C(N)=O)c(NC4CCC(O)CC4)c3)c3c2CCC(C)(C)C3)c1. The van der Waals surface area contributed by atoms with Gasteiger partial charge in [-0.3, -0.25) is 4.79 Å². The minimum absolute atomic E-state index is 0.174. The first kappa shape index (κ1) is 24.4. The molecule has 0 unspecified atom stereocenters. The predicted molar refractivity (Wildman–Crippen MR) is 142 cm³/mol. The number of rotatable bonds is 6. The molecule has 3 aromatic rings. The summed E-state index contributed by atoms with van der Waals surface area (Å²) in [5, 5.41) is 18.6. The molecule has 0 spiro atoms. The molecule has 7 nitrogen and oxygen atoms in total. The van der Waals surface area contributed by atoms with Gasteiger partial charge in [0.15, 0.2) is 0 Å². The molecular formula is C29H36N4O3. The number of benzene rings is 2. The number of nitrogens with zero attached hydrogens (tertiary/aromatic N) is 2. The number of hydrogen-bond acceptors (Lipinski definition) is 5. The second-order valence-electron chi connectivity index (χ2n) is 11.0. The summed E-state index contributed by atoms with van der Waals surface area (Å²) >= 11 is 0. The molecule has 0 bridgehead atoms. The normalized spacial score (nSPS) is 21.0. The molecule has 190 valence electrons. The number of amides is 1. The van der Waals surface area contributed by atoms with Crippen LogP contribution in [0.2, 0.25) is 0 Å². The number of aromatic nitrogens is 2. The van der Waals surface area contributed by atoms with E-state index in [0.29, 0.717) is 5.56 Å². The highest BCUT2D eigenvalue weighted by Gasteiger charge is 2.32. The molecule has 0 atom stereocenters. The Balaban J connectivity index is 1.59. The van der Waals surface area contributed by atoms with Gasteiger partial charge in [0.1, 0.15) is 5.75 Å². The van der Waals surface area contributed by atoms with Gasteiger partial charge in [-0.05, 0) is 80.7 Å². The number of carbonyl (C=O) groups is 1. The van der Waals surface area contributed by atoms with Crippen molar-refractivity contribution in [2.24, 2.45) is 11.1 Å². The first-order valence-corrected chi connectivity index (χ1v) is 12.9. The van der Waals surface area contributed by atoms with Crippen LogP contribution in [0.1, 0.15) is 67.6 Å². The molecule has 1 aromatic heterocycles. The lowest BCUT2D eigenvalue weighted by Gasteiger charge is -2.30. The Labute approximate surface area is 212 Å². The number of aliphatic hydroxyl groups is 1. The van der Waals surface area contributed by atoms with E-state index in [-0.39, 0.29) is 17.6 Å². The van der Waals surface area contributed by atoms with Crippen LogP contribution in [0.15, 0.2) is 42.5 Å². The second kappa shape index (κ2) is 9.62. The van der Waals surface area contributed by atoms with Crippen LogP contribution in [0.4, 0.5) is 5.69 Å². The number of aliphatic hydroxyl groups excluding tert-OH is 1. The smallest absolute Gasteiger partial charge is 0.250 e. The maximum absolute atomic E-state index is 12.2. The zero-order valence-electron chi connectivity index (χ0n) is 21.4. The highest BCUT2D eigenvalue weighted by atomic mass is 16.5. The van der Waals surface area contributed by atoms with Crippen molar-refractivity contribution in [1.82, 2.24) is 9.78 Å². The fourth-order valence-corrected chi connectivity index (χ4v) is 5.59. The standard InChI is InChI=1S/C29H36N4O3/c1-29(2)14-13-24-26(17-29)33(32-27(24)18-5-4-6-22(15-18)36-3)20-9-12-23(28(30)35)25(16-20)31-19-7-10-21(34)11-8-19/h4-6,9,12,15-16,19,21,31,34H,7-8,10-11,13-14,17H2,1-3H3,(H2,30,35). The van der Waals surface area contributed by atoms with E-state index in [9.17, 15) is 9.90 Å². The summed E-state index contributed by atoms with van der Waals surface area (Å²) in [5.41, 5.74) is 12.5. The summed E-state index contributed by atoms with van der Waals surface area (Å²) < 4.78 is 7.52. The average Bonchev–Trinajstić information content (AvgIpc) is 3.23. The maximum Gasteiger partial charge on any atom is 0.250 e. The van der Waals surface area contributed by atoms with Gasteiger partial charge in [0.05, 0.1) is 30.2 Å². The lowest BCUT2D eigenvalue weighted by Crippen LogP contribution is -2.29. The fourth-order valence-electron chi connectivity index (χ4n) is 5.59. The molecule has 0 aliphatic heterocycles. The van der Waals surface area contributed by atoms with Crippen molar-refractivity contribution >= 4 is 11.6 Å². The number of carbonyl (C=O) groups excluding carboxylic acids is 1. The molecule has 0 saturated heterocycles. The van der Waals surface area contributed by atoms with Crippen molar-refractivity contribution in [2.75, 3.05) is 12.4 Å². The van der Waals surface area contributed by atoms with E-state index in [1.54, 1.807) is 13.2 Å². The third-order valence-electron chi connectivity index (χ3n) is 7.70. The highest BCUT2D eigenvalue weighted by molar-refractivity contribution is 5.99. The summed E-state index contributed by atoms with van der Waals surface area (Å²) in [5.74, 6) is 0.349. The van der Waals surface area contributed by atoms with E-state index in [4.69, 9.17) is 15.6 Å². The summed E-state index contributed by atoms with van der Waals surface area (Å²) in [4.78, 5) is 12.2. The second-order valence-corrected chi connectivity index (χ2v) is 11.0. The van der Waals surface area contributed by atoms with Gasteiger partial charge in [0.2, 0.25) is 0 Å². The van der Waals surface area contributed by atoms with Crippen LogP contribution in [0.5, 0.6) is 5.75 Å². The van der Waals surface area contributed by atoms with Crippen LogP contribution in [0.3, 0.4) is 0 Å². The topological polar surface area (TPSA) is 102 Å². The predicted octanol–water partition coefficient (Wildman–Crippen LogP) is 4.88. The van der Waals surface area contributed by atoms with Crippen LogP contribution in [0, 0.1) is 5.41 Å². The quantitative estimate of drug-likeness (QED) is 0.459. The zero-order chi connectivity index (χ0) is 25.4. The maximum atomic E-state index is 12.2. The third kappa shape index (κ3) is 4.85. The van der Waals surface area contributed by atoms with E-state index in [1.165, 1.54) is 11.3 Å². The molecule has 2 aromatic carbocycles. The Morgan fingerprint density at radius 2 is 1.94 bits per heavy atom. The molecule has 1 saturated carbocycles. The Morgan fingerprint density at radius 3 is 2.67 bits per heavy atom. The Kier molecular flexibility index (Phi) is 6.51. The molecule has 7 heteroatoms. The van der Waals surface area contributed by atoms with Gasteiger partial charge in [-0.2, -0.15) is 5.10 Å². The van der Waals surface area contributed by atoms with Crippen LogP contribution in [-0.4, -0.2) is 40.0 Å². The number of nitrogens with two attached hydrogens (primary N) is 1. The van der Waals surface area contributed by atoms with Crippen LogP contribution in [0.25, 0.3) is 16.9 Å². The van der Waals surface area contributed by atoms with Crippen molar-refractivity contribution in [3.8, 4) is 22.7 Å². The Morgan fingerprint density at radius 1 is 1.17 bits per heavy atom. The zero-order valence-corrected chi connectivity index (χ0v) is 21.4. The average molecular weight is 489 g/mol. The van der Waals surface area contributed by atoms with Crippen molar-refractivity contribution in [2.45, 2.75) is 70.9 Å². The van der Waals surface area contributed by atoms with Gasteiger partial charge in [-0.1, -0.05) is 26.0 Å². The molecule has 0 radical (unpaired) electrons. The van der Waals surface area contributed by atoms with Crippen LogP contribution in [-0.2, 0) is 12.8 Å². The highest BCUT2D eigenvalue weighted by Crippen LogP contribution is 2.41. The fraction of sp³-hybridized carbons (Fsp3) is 0.448. The van der Waals surface area contributed by atoms with Gasteiger partial charge in [-0.25, -0.2) is 4.68 Å². The summed E-state index contributed by atoms with van der Waals surface area (Å²) in [6.45, 7) is 4.61.